The number of carbonyl (C=O) groups is 1. The Labute approximate surface area is 97.6 Å². The highest BCUT2D eigenvalue weighted by molar-refractivity contribution is 7.80. The number of hydrogen-bond acceptors (Lipinski definition) is 2. The first kappa shape index (κ1) is 11.3. The third-order valence-electron chi connectivity index (χ3n) is 4.09. The first-order valence-corrected chi connectivity index (χ1v) is 6.48. The normalized spacial score (nSPS) is 29.7. The van der Waals surface area contributed by atoms with E-state index in [4.69, 9.17) is 0 Å². The first-order chi connectivity index (χ1) is 6.97. The highest BCUT2D eigenvalue weighted by Gasteiger charge is 2.46. The quantitative estimate of drug-likeness (QED) is 0.693. The molecule has 2 rings (SSSR count). The summed E-state index contributed by atoms with van der Waals surface area (Å²) in [7, 11) is 0. The van der Waals surface area contributed by atoms with Gasteiger partial charge in [-0.2, -0.15) is 12.6 Å². The fraction of sp³-hybridized carbons (Fsp3) is 0.917. The van der Waals surface area contributed by atoms with Crippen LogP contribution in [0.25, 0.3) is 0 Å². The summed E-state index contributed by atoms with van der Waals surface area (Å²) in [5.41, 5.74) is 0.723. The average Bonchev–Trinajstić information content (AvgIpc) is 3.03. The number of carbonyl (C=O) groups excluding carboxylic acids is 1. The number of hydrogen-bond donors (Lipinski definition) is 2. The number of nitrogens with one attached hydrogen (secondary N) is 1. The van der Waals surface area contributed by atoms with Crippen molar-refractivity contribution in [1.29, 1.82) is 0 Å². The van der Waals surface area contributed by atoms with Crippen molar-refractivity contribution in [2.75, 3.05) is 12.3 Å². The van der Waals surface area contributed by atoms with Crippen molar-refractivity contribution in [3.8, 4) is 0 Å². The topological polar surface area (TPSA) is 29.1 Å². The highest BCUT2D eigenvalue weighted by Crippen LogP contribution is 2.51. The van der Waals surface area contributed by atoms with E-state index in [0.717, 1.165) is 12.3 Å². The van der Waals surface area contributed by atoms with Gasteiger partial charge in [-0.25, -0.2) is 0 Å². The zero-order chi connectivity index (χ0) is 11.1. The second-order valence-electron chi connectivity index (χ2n) is 6.03. The van der Waals surface area contributed by atoms with Gasteiger partial charge in [-0.05, 0) is 41.8 Å². The summed E-state index contributed by atoms with van der Waals surface area (Å²) in [4.78, 5) is 11.7. The van der Waals surface area contributed by atoms with Gasteiger partial charge in [0.1, 0.15) is 0 Å². The van der Waals surface area contributed by atoms with Gasteiger partial charge in [-0.15, -0.1) is 0 Å². The van der Waals surface area contributed by atoms with Crippen LogP contribution >= 0.6 is 12.6 Å². The standard InChI is InChI=1S/C12H21NOS/c1-11(2)5-9(11)7-13-10(14)6-12(8-15)3-4-12/h9,15H,3-8H2,1-2H3,(H,13,14). The smallest absolute Gasteiger partial charge is 0.220 e. The molecule has 2 fully saturated rings. The molecule has 1 unspecified atom stereocenters. The van der Waals surface area contributed by atoms with E-state index in [-0.39, 0.29) is 11.3 Å². The maximum atomic E-state index is 11.7. The van der Waals surface area contributed by atoms with Crippen LogP contribution in [-0.4, -0.2) is 18.2 Å². The number of amides is 1. The lowest BCUT2D eigenvalue weighted by Crippen LogP contribution is -2.29. The predicted octanol–water partition coefficient (Wildman–Crippen LogP) is 2.25. The Morgan fingerprint density at radius 3 is 2.47 bits per heavy atom. The van der Waals surface area contributed by atoms with Crippen LogP contribution in [0.15, 0.2) is 0 Å². The molecule has 1 amide bonds. The summed E-state index contributed by atoms with van der Waals surface area (Å²) in [5, 5.41) is 3.06. The van der Waals surface area contributed by atoms with Crippen molar-refractivity contribution in [2.24, 2.45) is 16.7 Å². The number of rotatable bonds is 5. The van der Waals surface area contributed by atoms with Gasteiger partial charge in [-0.1, -0.05) is 13.8 Å². The summed E-state index contributed by atoms with van der Waals surface area (Å²) < 4.78 is 0. The van der Waals surface area contributed by atoms with Gasteiger partial charge in [0.05, 0.1) is 0 Å². The molecule has 86 valence electrons. The Morgan fingerprint density at radius 2 is 2.07 bits per heavy atom. The van der Waals surface area contributed by atoms with Crippen molar-refractivity contribution in [2.45, 2.75) is 39.5 Å². The fourth-order valence-electron chi connectivity index (χ4n) is 2.13. The second kappa shape index (κ2) is 3.69. The van der Waals surface area contributed by atoms with Crippen LogP contribution in [-0.2, 0) is 4.79 Å². The molecule has 15 heavy (non-hydrogen) atoms. The van der Waals surface area contributed by atoms with Crippen LogP contribution in [0, 0.1) is 16.7 Å². The lowest BCUT2D eigenvalue weighted by Gasteiger charge is -2.12. The molecular weight excluding hydrogens is 206 g/mol. The molecule has 0 aromatic heterocycles. The van der Waals surface area contributed by atoms with Crippen LogP contribution in [0.3, 0.4) is 0 Å². The molecule has 1 atom stereocenters. The molecule has 2 saturated carbocycles. The van der Waals surface area contributed by atoms with Gasteiger partial charge >= 0.3 is 0 Å². The molecule has 2 nitrogen and oxygen atoms in total. The maximum absolute atomic E-state index is 11.7. The van der Waals surface area contributed by atoms with Crippen LogP contribution < -0.4 is 5.32 Å². The van der Waals surface area contributed by atoms with Gasteiger partial charge < -0.3 is 5.32 Å². The minimum absolute atomic E-state index is 0.226. The summed E-state index contributed by atoms with van der Waals surface area (Å²) in [6.07, 6.45) is 4.30. The molecule has 1 N–H and O–H groups in total. The Hall–Kier alpha value is -0.180. The minimum atomic E-state index is 0.226. The lowest BCUT2D eigenvalue weighted by molar-refractivity contribution is -0.122. The average molecular weight is 227 g/mol. The second-order valence-corrected chi connectivity index (χ2v) is 6.34. The summed E-state index contributed by atoms with van der Waals surface area (Å²) in [6.45, 7) is 5.40. The molecule has 3 heteroatoms. The summed E-state index contributed by atoms with van der Waals surface area (Å²) in [5.74, 6) is 1.78. The molecule has 0 spiro atoms. The van der Waals surface area contributed by atoms with Crippen LogP contribution in [0.4, 0.5) is 0 Å². The van der Waals surface area contributed by atoms with Gasteiger partial charge in [0, 0.05) is 13.0 Å². The largest absolute Gasteiger partial charge is 0.356 e. The van der Waals surface area contributed by atoms with E-state index in [1.165, 1.54) is 19.3 Å². The van der Waals surface area contributed by atoms with Gasteiger partial charge in [-0.3, -0.25) is 4.79 Å². The van der Waals surface area contributed by atoms with E-state index in [1.807, 2.05) is 0 Å². The highest BCUT2D eigenvalue weighted by atomic mass is 32.1. The van der Waals surface area contributed by atoms with E-state index in [9.17, 15) is 4.79 Å². The minimum Gasteiger partial charge on any atom is -0.356 e. The third-order valence-corrected chi connectivity index (χ3v) is 4.76. The Morgan fingerprint density at radius 1 is 1.47 bits per heavy atom. The SMILES string of the molecule is CC1(C)CC1CNC(=O)CC1(CS)CC1. The van der Waals surface area contributed by atoms with Crippen molar-refractivity contribution in [3.05, 3.63) is 0 Å². The zero-order valence-corrected chi connectivity index (χ0v) is 10.6. The molecule has 0 radical (unpaired) electrons. The third kappa shape index (κ3) is 2.68. The molecule has 0 bridgehead atoms. The van der Waals surface area contributed by atoms with Crippen molar-refractivity contribution in [3.63, 3.8) is 0 Å². The van der Waals surface area contributed by atoms with Crippen LogP contribution in [0.1, 0.15) is 39.5 Å². The predicted molar refractivity (Wildman–Crippen MR) is 65.0 cm³/mol. The van der Waals surface area contributed by atoms with Gasteiger partial charge in [0.25, 0.3) is 0 Å². The van der Waals surface area contributed by atoms with Gasteiger partial charge in [0.2, 0.25) is 5.91 Å². The van der Waals surface area contributed by atoms with E-state index in [2.05, 4.69) is 31.8 Å². The molecule has 2 aliphatic carbocycles. The van der Waals surface area contributed by atoms with Crippen LogP contribution in [0.5, 0.6) is 0 Å². The molecule has 2 aliphatic rings. The summed E-state index contributed by atoms with van der Waals surface area (Å²) in [6, 6.07) is 0. The molecule has 0 saturated heterocycles. The molecular formula is C12H21NOS. The number of thiol groups is 1. The zero-order valence-electron chi connectivity index (χ0n) is 9.68. The van der Waals surface area contributed by atoms with Gasteiger partial charge in [0.15, 0.2) is 0 Å². The molecule has 0 aromatic carbocycles. The molecule has 0 heterocycles. The van der Waals surface area contributed by atoms with E-state index >= 15 is 0 Å². The fourth-order valence-corrected chi connectivity index (χ4v) is 2.56. The Bertz CT molecular complexity index is 271. The summed E-state index contributed by atoms with van der Waals surface area (Å²) >= 11 is 4.31. The Balaban J connectivity index is 1.66. The first-order valence-electron chi connectivity index (χ1n) is 5.85. The monoisotopic (exact) mass is 227 g/mol. The van der Waals surface area contributed by atoms with Crippen molar-refractivity contribution < 1.29 is 4.79 Å². The maximum Gasteiger partial charge on any atom is 0.220 e. The van der Waals surface area contributed by atoms with E-state index < -0.39 is 0 Å². The van der Waals surface area contributed by atoms with E-state index in [0.29, 0.717) is 17.8 Å². The van der Waals surface area contributed by atoms with Crippen molar-refractivity contribution >= 4 is 18.5 Å². The van der Waals surface area contributed by atoms with Crippen LogP contribution in [0.2, 0.25) is 0 Å². The Kier molecular flexibility index (Phi) is 2.78. The molecule has 0 aromatic rings. The lowest BCUT2D eigenvalue weighted by atomic mass is 10.0. The molecule has 0 aliphatic heterocycles. The van der Waals surface area contributed by atoms with Crippen molar-refractivity contribution in [1.82, 2.24) is 5.32 Å². The van der Waals surface area contributed by atoms with E-state index in [1.54, 1.807) is 0 Å².